The number of aliphatic hydroxyl groups is 1. The quantitative estimate of drug-likeness (QED) is 0.770. The fourth-order valence-corrected chi connectivity index (χ4v) is 3.03. The Morgan fingerprint density at radius 1 is 1.27 bits per heavy atom. The summed E-state index contributed by atoms with van der Waals surface area (Å²) in [5, 5.41) is 21.8. The molecule has 1 aromatic carbocycles. The van der Waals surface area contributed by atoms with E-state index in [9.17, 15) is 9.90 Å². The van der Waals surface area contributed by atoms with Crippen LogP contribution in [-0.2, 0) is 0 Å². The van der Waals surface area contributed by atoms with Gasteiger partial charge in [-0.3, -0.25) is 9.78 Å². The lowest BCUT2D eigenvalue weighted by molar-refractivity contribution is 0.0881. The van der Waals surface area contributed by atoms with Crippen molar-refractivity contribution in [2.24, 2.45) is 0 Å². The van der Waals surface area contributed by atoms with Crippen molar-refractivity contribution in [1.82, 2.24) is 10.3 Å². The second-order valence-electron chi connectivity index (χ2n) is 6.28. The summed E-state index contributed by atoms with van der Waals surface area (Å²) in [7, 11) is 0. The summed E-state index contributed by atoms with van der Waals surface area (Å²) in [4.78, 5) is 17.2. The molecule has 2 bridgehead atoms. The number of carbonyl (C=O) groups excluding carboxylic acids is 1. The first-order valence-corrected chi connectivity index (χ1v) is 8.76. The van der Waals surface area contributed by atoms with Crippen LogP contribution < -0.4 is 10.1 Å². The third-order valence-electron chi connectivity index (χ3n) is 4.42. The molecule has 1 aliphatic rings. The maximum absolute atomic E-state index is 12.8. The third-order valence-corrected chi connectivity index (χ3v) is 4.42. The molecule has 26 heavy (non-hydrogen) atoms. The molecule has 0 radical (unpaired) electrons. The van der Waals surface area contributed by atoms with Crippen molar-refractivity contribution >= 4 is 5.91 Å². The summed E-state index contributed by atoms with van der Waals surface area (Å²) in [5.41, 5.74) is 1.72. The van der Waals surface area contributed by atoms with Gasteiger partial charge in [-0.05, 0) is 43.5 Å². The van der Waals surface area contributed by atoms with Gasteiger partial charge in [0.2, 0.25) is 0 Å². The molecule has 1 unspecified atom stereocenters. The fraction of sp³-hybridized carbons (Fsp3) is 0.350. The lowest BCUT2D eigenvalue weighted by Crippen LogP contribution is -2.43. The molecule has 0 saturated carbocycles. The molecule has 2 atom stereocenters. The highest BCUT2D eigenvalue weighted by Gasteiger charge is 2.23. The number of benzene rings is 1. The first kappa shape index (κ1) is 17.9. The molecule has 1 amide bonds. The van der Waals surface area contributed by atoms with Crippen LogP contribution in [0.3, 0.4) is 0 Å². The van der Waals surface area contributed by atoms with E-state index in [1.54, 1.807) is 18.3 Å². The highest BCUT2D eigenvalue weighted by atomic mass is 16.5. The van der Waals surface area contributed by atoms with E-state index in [1.807, 2.05) is 30.3 Å². The van der Waals surface area contributed by atoms with Crippen molar-refractivity contribution in [3.05, 3.63) is 48.2 Å². The van der Waals surface area contributed by atoms with Crippen molar-refractivity contribution in [1.29, 1.82) is 5.26 Å². The van der Waals surface area contributed by atoms with Gasteiger partial charge in [-0.2, -0.15) is 5.26 Å². The Morgan fingerprint density at radius 2 is 2.15 bits per heavy atom. The van der Waals surface area contributed by atoms with Crippen molar-refractivity contribution < 1.29 is 14.6 Å². The Labute approximate surface area is 152 Å². The molecule has 134 valence electrons. The molecular formula is C20H21N3O3. The van der Waals surface area contributed by atoms with Crippen molar-refractivity contribution in [3.8, 4) is 23.1 Å². The first-order chi connectivity index (χ1) is 12.7. The molecule has 1 aliphatic heterocycles. The Kier molecular flexibility index (Phi) is 5.82. The zero-order valence-corrected chi connectivity index (χ0v) is 14.4. The zero-order valence-electron chi connectivity index (χ0n) is 14.4. The van der Waals surface area contributed by atoms with Crippen LogP contribution in [0.4, 0.5) is 0 Å². The fourth-order valence-electron chi connectivity index (χ4n) is 3.03. The minimum atomic E-state index is -1.24. The summed E-state index contributed by atoms with van der Waals surface area (Å²) in [6.07, 6.45) is 3.45. The van der Waals surface area contributed by atoms with Gasteiger partial charge in [-0.1, -0.05) is 18.6 Å². The van der Waals surface area contributed by atoms with E-state index in [1.165, 1.54) is 0 Å². The molecule has 0 spiro atoms. The minimum absolute atomic E-state index is 0.351. The largest absolute Gasteiger partial charge is 0.494 e. The standard InChI is InChI=1S/C20H21N3O3/c21-13-18(24)17-9-2-1-3-11-26-15-7-4-6-14(12-15)19-16(20(25)23-17)8-5-10-22-19/h4-8,10,12,17-18,24H,1-3,9,11H2,(H,23,25)/t17-,18?/m0/s1. The van der Waals surface area contributed by atoms with Crippen LogP contribution in [0.5, 0.6) is 5.75 Å². The van der Waals surface area contributed by atoms with Crippen LogP contribution in [-0.4, -0.2) is 34.8 Å². The number of ether oxygens (including phenoxy) is 1. The van der Waals surface area contributed by atoms with Crippen molar-refractivity contribution in [2.75, 3.05) is 6.61 Å². The number of aliphatic hydroxyl groups excluding tert-OH is 1. The topological polar surface area (TPSA) is 95.2 Å². The molecule has 0 aliphatic carbocycles. The molecule has 1 aromatic heterocycles. The molecule has 0 fully saturated rings. The van der Waals surface area contributed by atoms with Gasteiger partial charge in [0.1, 0.15) is 5.75 Å². The third kappa shape index (κ3) is 4.19. The molecule has 6 nitrogen and oxygen atoms in total. The van der Waals surface area contributed by atoms with Gasteiger partial charge in [0.25, 0.3) is 5.91 Å². The highest BCUT2D eigenvalue weighted by Crippen LogP contribution is 2.26. The van der Waals surface area contributed by atoms with E-state index in [2.05, 4.69) is 10.3 Å². The van der Waals surface area contributed by atoms with Gasteiger partial charge in [-0.15, -0.1) is 0 Å². The summed E-state index contributed by atoms with van der Waals surface area (Å²) >= 11 is 0. The smallest absolute Gasteiger partial charge is 0.253 e. The molecular weight excluding hydrogens is 330 g/mol. The number of amides is 1. The van der Waals surface area contributed by atoms with Crippen LogP contribution in [0.25, 0.3) is 11.3 Å². The summed E-state index contributed by atoms with van der Waals surface area (Å²) in [6.45, 7) is 0.594. The predicted molar refractivity (Wildman–Crippen MR) is 96.5 cm³/mol. The number of carbonyl (C=O) groups is 1. The monoisotopic (exact) mass is 351 g/mol. The Morgan fingerprint density at radius 3 is 3.00 bits per heavy atom. The minimum Gasteiger partial charge on any atom is -0.494 e. The number of nitriles is 1. The number of hydrogen-bond donors (Lipinski definition) is 2. The summed E-state index contributed by atoms with van der Waals surface area (Å²) in [5.74, 6) is 0.394. The van der Waals surface area contributed by atoms with Crippen LogP contribution in [0.15, 0.2) is 42.6 Å². The van der Waals surface area contributed by atoms with Gasteiger partial charge in [0.15, 0.2) is 6.10 Å². The number of nitrogens with one attached hydrogen (secondary N) is 1. The van der Waals surface area contributed by atoms with Gasteiger partial charge in [0, 0.05) is 11.8 Å². The van der Waals surface area contributed by atoms with Gasteiger partial charge in [0.05, 0.1) is 30.0 Å². The summed E-state index contributed by atoms with van der Waals surface area (Å²) < 4.78 is 5.80. The number of rotatable bonds is 1. The Balaban J connectivity index is 1.99. The Bertz CT molecular complexity index is 816. The van der Waals surface area contributed by atoms with Crippen LogP contribution in [0.2, 0.25) is 0 Å². The van der Waals surface area contributed by atoms with Crippen LogP contribution in [0.1, 0.15) is 36.0 Å². The number of nitrogens with zero attached hydrogens (tertiary/aromatic N) is 2. The molecule has 2 aromatic rings. The second kappa shape index (κ2) is 8.45. The molecule has 0 saturated heterocycles. The predicted octanol–water partition coefficient (Wildman–Crippen LogP) is 2.68. The number of fused-ring (bicyclic) bond motifs is 4. The van der Waals surface area contributed by atoms with Gasteiger partial charge in [-0.25, -0.2) is 0 Å². The lowest BCUT2D eigenvalue weighted by atomic mass is 10.0. The zero-order chi connectivity index (χ0) is 18.4. The van der Waals surface area contributed by atoms with E-state index in [4.69, 9.17) is 10.00 Å². The number of aromatic nitrogens is 1. The van der Waals surface area contributed by atoms with Crippen molar-refractivity contribution in [3.63, 3.8) is 0 Å². The average Bonchev–Trinajstić information content (AvgIpc) is 2.68. The molecule has 2 heterocycles. The maximum atomic E-state index is 12.8. The van der Waals surface area contributed by atoms with Gasteiger partial charge < -0.3 is 15.2 Å². The van der Waals surface area contributed by atoms with Crippen molar-refractivity contribution in [2.45, 2.75) is 37.8 Å². The molecule has 2 N–H and O–H groups in total. The van der Waals surface area contributed by atoms with E-state index in [0.717, 1.165) is 30.6 Å². The maximum Gasteiger partial charge on any atom is 0.253 e. The SMILES string of the molecule is N#CC(O)[C@@H]1CCCCCOc2cccc(c2)-c2ncccc2C(=O)N1. The highest BCUT2D eigenvalue weighted by molar-refractivity contribution is 6.00. The van der Waals surface area contributed by atoms with Crippen LogP contribution in [0, 0.1) is 11.3 Å². The summed E-state index contributed by atoms with van der Waals surface area (Å²) in [6, 6.07) is 12.1. The second-order valence-corrected chi connectivity index (χ2v) is 6.28. The normalized spacial score (nSPS) is 19.1. The Hall–Kier alpha value is -2.91. The number of hydrogen-bond acceptors (Lipinski definition) is 5. The molecule has 6 heteroatoms. The van der Waals surface area contributed by atoms with Crippen LogP contribution >= 0.6 is 0 Å². The molecule has 3 rings (SSSR count). The van der Waals surface area contributed by atoms with E-state index >= 15 is 0 Å². The van der Waals surface area contributed by atoms with E-state index in [-0.39, 0.29) is 5.91 Å². The number of pyridine rings is 1. The van der Waals surface area contributed by atoms with Gasteiger partial charge >= 0.3 is 0 Å². The lowest BCUT2D eigenvalue weighted by Gasteiger charge is -2.21. The van der Waals surface area contributed by atoms with E-state index < -0.39 is 12.1 Å². The average molecular weight is 351 g/mol. The van der Waals surface area contributed by atoms with E-state index in [0.29, 0.717) is 24.3 Å². The first-order valence-electron chi connectivity index (χ1n) is 8.76.